The Bertz CT molecular complexity index is 1550. The summed E-state index contributed by atoms with van der Waals surface area (Å²) in [6.07, 6.45) is 5.68. The molecule has 218 valence electrons. The summed E-state index contributed by atoms with van der Waals surface area (Å²) in [5.74, 6) is 1.38. The minimum Gasteiger partial charge on any atom is -0.492 e. The van der Waals surface area contributed by atoms with Crippen molar-refractivity contribution in [2.45, 2.75) is 32.4 Å². The molecule has 0 fully saturated rings. The number of amides is 1. The van der Waals surface area contributed by atoms with Crippen LogP contribution in [0.1, 0.15) is 19.3 Å². The Kier molecular flexibility index (Phi) is 8.96. The second kappa shape index (κ2) is 12.8. The van der Waals surface area contributed by atoms with Gasteiger partial charge in [-0.1, -0.05) is 24.3 Å². The molecule has 1 aliphatic rings. The lowest BCUT2D eigenvalue weighted by molar-refractivity contribution is -0.132. The smallest absolute Gasteiger partial charge is 0.281 e. The highest BCUT2D eigenvalue weighted by Gasteiger charge is 2.24. The third-order valence-corrected chi connectivity index (χ3v) is 9.02. The molecule has 0 atom stereocenters. The third kappa shape index (κ3) is 6.92. The van der Waals surface area contributed by atoms with Gasteiger partial charge in [0.25, 0.3) is 10.2 Å². The molecule has 1 aliphatic heterocycles. The summed E-state index contributed by atoms with van der Waals surface area (Å²) in [5, 5.41) is 8.89. The van der Waals surface area contributed by atoms with Crippen LogP contribution in [0.4, 0.5) is 0 Å². The van der Waals surface area contributed by atoms with Gasteiger partial charge in [-0.15, -0.1) is 0 Å². The molecular weight excluding hydrogens is 544 g/mol. The Morgan fingerprint density at radius 3 is 2.41 bits per heavy atom. The van der Waals surface area contributed by atoms with Crippen LogP contribution >= 0.6 is 0 Å². The van der Waals surface area contributed by atoms with Gasteiger partial charge in [0, 0.05) is 64.8 Å². The van der Waals surface area contributed by atoms with Gasteiger partial charge in [0.05, 0.1) is 0 Å². The summed E-state index contributed by atoms with van der Waals surface area (Å²) in [6, 6.07) is 15.2. The van der Waals surface area contributed by atoms with Crippen LogP contribution in [0.5, 0.6) is 5.75 Å². The SMILES string of the molecule is CN(C)S(=O)(=O)N1CCCCN(C(=O)Cn2nc3ccccc3n2)CCCn2ccnc2-c2cccc(c2)OCC1. The van der Waals surface area contributed by atoms with E-state index in [1.54, 1.807) is 6.20 Å². The van der Waals surface area contributed by atoms with Gasteiger partial charge < -0.3 is 14.2 Å². The lowest BCUT2D eigenvalue weighted by Crippen LogP contribution is -2.43. The molecule has 3 heterocycles. The van der Waals surface area contributed by atoms with E-state index < -0.39 is 10.2 Å². The number of carbonyl (C=O) groups is 1. The van der Waals surface area contributed by atoms with Gasteiger partial charge in [0.2, 0.25) is 5.91 Å². The lowest BCUT2D eigenvalue weighted by Gasteiger charge is -2.26. The zero-order chi connectivity index (χ0) is 28.8. The van der Waals surface area contributed by atoms with E-state index in [4.69, 9.17) is 4.74 Å². The average molecular weight is 581 g/mol. The summed E-state index contributed by atoms with van der Waals surface area (Å²) < 4.78 is 36.7. The van der Waals surface area contributed by atoms with Crippen LogP contribution in [0.25, 0.3) is 22.4 Å². The van der Waals surface area contributed by atoms with E-state index in [2.05, 4.69) is 19.7 Å². The molecule has 0 saturated heterocycles. The van der Waals surface area contributed by atoms with E-state index in [9.17, 15) is 13.2 Å². The second-order valence-corrected chi connectivity index (χ2v) is 12.3. The van der Waals surface area contributed by atoms with Crippen molar-refractivity contribution in [3.05, 3.63) is 60.9 Å². The van der Waals surface area contributed by atoms with Gasteiger partial charge >= 0.3 is 0 Å². The van der Waals surface area contributed by atoms with Crippen molar-refractivity contribution in [1.82, 2.24) is 38.1 Å². The van der Waals surface area contributed by atoms with Crippen LogP contribution in [0.3, 0.4) is 0 Å². The first-order chi connectivity index (χ1) is 19.8. The molecule has 41 heavy (non-hydrogen) atoms. The fourth-order valence-corrected chi connectivity index (χ4v) is 6.02. The summed E-state index contributed by atoms with van der Waals surface area (Å²) in [4.78, 5) is 21.3. The Balaban J connectivity index is 1.36. The number of hydrogen-bond acceptors (Lipinski definition) is 7. The molecule has 12 nitrogen and oxygen atoms in total. The summed E-state index contributed by atoms with van der Waals surface area (Å²) in [7, 11) is -0.586. The molecule has 0 radical (unpaired) electrons. The van der Waals surface area contributed by atoms with Gasteiger partial charge in [-0.25, -0.2) is 4.98 Å². The average Bonchev–Trinajstić information content (AvgIpc) is 3.59. The summed E-state index contributed by atoms with van der Waals surface area (Å²) >= 11 is 0. The molecule has 0 spiro atoms. The number of nitrogens with zero attached hydrogens (tertiary/aromatic N) is 8. The highest BCUT2D eigenvalue weighted by atomic mass is 32.2. The highest BCUT2D eigenvalue weighted by Crippen LogP contribution is 2.23. The number of rotatable bonds is 4. The number of aryl methyl sites for hydroxylation is 1. The maximum absolute atomic E-state index is 13.4. The van der Waals surface area contributed by atoms with Gasteiger partial charge in [0.1, 0.15) is 35.8 Å². The topological polar surface area (TPSA) is 119 Å². The molecule has 5 rings (SSSR count). The van der Waals surface area contributed by atoms with Crippen LogP contribution in [-0.2, 0) is 28.1 Å². The number of imidazole rings is 1. The molecule has 0 N–H and O–H groups in total. The second-order valence-electron chi connectivity index (χ2n) is 10.2. The van der Waals surface area contributed by atoms with E-state index in [0.29, 0.717) is 44.8 Å². The molecule has 13 heteroatoms. The largest absolute Gasteiger partial charge is 0.492 e. The minimum atomic E-state index is -3.64. The number of aromatic nitrogens is 5. The van der Waals surface area contributed by atoms with Crippen LogP contribution in [0.2, 0.25) is 0 Å². The Morgan fingerprint density at radius 1 is 0.927 bits per heavy atom. The lowest BCUT2D eigenvalue weighted by atomic mass is 10.2. The van der Waals surface area contributed by atoms with E-state index in [0.717, 1.165) is 28.8 Å². The number of benzene rings is 2. The molecule has 2 aromatic carbocycles. The Morgan fingerprint density at radius 2 is 1.66 bits per heavy atom. The van der Waals surface area contributed by atoms with E-state index >= 15 is 0 Å². The van der Waals surface area contributed by atoms with Crippen molar-refractivity contribution < 1.29 is 17.9 Å². The zero-order valence-corrected chi connectivity index (χ0v) is 24.3. The summed E-state index contributed by atoms with van der Waals surface area (Å²) in [6.45, 7) is 2.51. The molecule has 0 saturated carbocycles. The first-order valence-corrected chi connectivity index (χ1v) is 15.2. The van der Waals surface area contributed by atoms with Crippen molar-refractivity contribution in [2.75, 3.05) is 46.9 Å². The van der Waals surface area contributed by atoms with Crippen LogP contribution < -0.4 is 4.74 Å². The van der Waals surface area contributed by atoms with Gasteiger partial charge in [-0.3, -0.25) is 4.79 Å². The fraction of sp³-hybridized carbons (Fsp3) is 0.429. The first kappa shape index (κ1) is 28.7. The molecule has 4 aromatic rings. The first-order valence-electron chi connectivity index (χ1n) is 13.8. The quantitative estimate of drug-likeness (QED) is 0.364. The van der Waals surface area contributed by atoms with E-state index in [1.807, 2.05) is 59.6 Å². The van der Waals surface area contributed by atoms with Crippen LogP contribution in [0.15, 0.2) is 60.9 Å². The number of fused-ring (bicyclic) bond motifs is 5. The predicted molar refractivity (Wildman–Crippen MR) is 155 cm³/mol. The standard InChI is InChI=1S/C28H36N8O4S/c1-32(2)41(38,39)35-17-6-5-14-33(27(37)22-36-30-25-11-3-4-12-26(25)31-36)15-8-16-34-18-13-29-28(34)23-9-7-10-24(21-23)40-20-19-35/h3-4,7,9-13,18,21H,5-6,8,14-17,19-20,22H2,1-2H3. The Labute approximate surface area is 240 Å². The maximum atomic E-state index is 13.4. The van der Waals surface area contributed by atoms with Crippen molar-refractivity contribution in [2.24, 2.45) is 0 Å². The van der Waals surface area contributed by atoms with E-state index in [1.165, 1.54) is 27.5 Å². The highest BCUT2D eigenvalue weighted by molar-refractivity contribution is 7.86. The fourth-order valence-electron chi connectivity index (χ4n) is 4.89. The monoisotopic (exact) mass is 580 g/mol. The molecular formula is C28H36N8O4S. The van der Waals surface area contributed by atoms with Crippen LogP contribution in [-0.4, -0.2) is 99.3 Å². The van der Waals surface area contributed by atoms with Gasteiger partial charge in [-0.05, 0) is 43.5 Å². The number of carbonyl (C=O) groups excluding carboxylic acids is 1. The molecule has 2 aromatic heterocycles. The van der Waals surface area contributed by atoms with Gasteiger partial charge in [0.15, 0.2) is 0 Å². The molecule has 0 aliphatic carbocycles. The molecule has 0 unspecified atom stereocenters. The number of hydrogen-bond donors (Lipinski definition) is 0. The van der Waals surface area contributed by atoms with E-state index in [-0.39, 0.29) is 25.6 Å². The normalized spacial score (nSPS) is 16.3. The van der Waals surface area contributed by atoms with Crippen molar-refractivity contribution in [1.29, 1.82) is 0 Å². The maximum Gasteiger partial charge on any atom is 0.281 e. The minimum absolute atomic E-state index is 0.0380. The Hall–Kier alpha value is -3.81. The molecule has 1 amide bonds. The third-order valence-electron chi connectivity index (χ3n) is 7.07. The van der Waals surface area contributed by atoms with Gasteiger partial charge in [-0.2, -0.15) is 32.0 Å². The van der Waals surface area contributed by atoms with Crippen molar-refractivity contribution in [3.8, 4) is 17.1 Å². The van der Waals surface area contributed by atoms with Crippen molar-refractivity contribution in [3.63, 3.8) is 0 Å². The van der Waals surface area contributed by atoms with Crippen molar-refractivity contribution >= 4 is 27.1 Å². The zero-order valence-electron chi connectivity index (χ0n) is 23.5. The molecule has 2 bridgehead atoms. The summed E-state index contributed by atoms with van der Waals surface area (Å²) in [5.41, 5.74) is 2.39. The predicted octanol–water partition coefficient (Wildman–Crippen LogP) is 2.49. The van der Waals surface area contributed by atoms with Crippen LogP contribution in [0, 0.1) is 0 Å². The number of ether oxygens (including phenoxy) is 1.